The maximum atomic E-state index is 14.0. The molecular formula is C20H17ClF6N4O3. The Morgan fingerprint density at radius 1 is 1.18 bits per heavy atom. The Morgan fingerprint density at radius 2 is 1.74 bits per heavy atom. The largest absolute Gasteiger partial charge is 0.573 e. The van der Waals surface area contributed by atoms with Gasteiger partial charge in [0.25, 0.3) is 23.4 Å². The zero-order valence-corrected chi connectivity index (χ0v) is 18.1. The highest BCUT2D eigenvalue weighted by atomic mass is 35.5. The van der Waals surface area contributed by atoms with Crippen LogP contribution in [0.25, 0.3) is 0 Å². The fraction of sp³-hybridized carbons (Fsp3) is 0.400. The number of carbonyl (C=O) groups is 2. The van der Waals surface area contributed by atoms with Gasteiger partial charge in [-0.1, -0.05) is 11.6 Å². The van der Waals surface area contributed by atoms with E-state index in [0.717, 1.165) is 43.0 Å². The second-order valence-corrected chi connectivity index (χ2v) is 8.03. The van der Waals surface area contributed by atoms with Crippen LogP contribution in [0.5, 0.6) is 5.75 Å². The molecule has 3 rings (SSSR count). The van der Waals surface area contributed by atoms with E-state index < -0.39 is 59.9 Å². The van der Waals surface area contributed by atoms with Crippen LogP contribution in [0.2, 0.25) is 0 Å². The first-order valence-electron chi connectivity index (χ1n) is 9.65. The lowest BCUT2D eigenvalue weighted by molar-refractivity contribution is -0.274. The quantitative estimate of drug-likeness (QED) is 0.448. The molecule has 1 saturated carbocycles. The van der Waals surface area contributed by atoms with E-state index in [1.807, 2.05) is 0 Å². The fourth-order valence-electron chi connectivity index (χ4n) is 3.50. The molecule has 0 spiro atoms. The Hall–Kier alpha value is -3.09. The number of nitrogens with one attached hydrogen (secondary N) is 1. The molecule has 1 heterocycles. The Bertz CT molecular complexity index is 1030. The topological polar surface area (TPSA) is 84.4 Å². The van der Waals surface area contributed by atoms with Gasteiger partial charge in [0.15, 0.2) is 5.54 Å². The molecule has 2 aromatic rings. The molecule has 1 aromatic carbocycles. The number of rotatable bonds is 7. The number of benzene rings is 1. The van der Waals surface area contributed by atoms with Crippen LogP contribution in [-0.4, -0.2) is 45.7 Å². The molecule has 184 valence electrons. The molecule has 0 aliphatic heterocycles. The highest BCUT2D eigenvalue weighted by Crippen LogP contribution is 2.40. The van der Waals surface area contributed by atoms with Crippen LogP contribution >= 0.6 is 11.6 Å². The predicted molar refractivity (Wildman–Crippen MR) is 107 cm³/mol. The summed E-state index contributed by atoms with van der Waals surface area (Å²) in [7, 11) is 0. The number of amides is 2. The molecule has 7 nitrogen and oxygen atoms in total. The average molecular weight is 511 g/mol. The highest BCUT2D eigenvalue weighted by Gasteiger charge is 2.51. The van der Waals surface area contributed by atoms with E-state index >= 15 is 0 Å². The first-order chi connectivity index (χ1) is 15.7. The van der Waals surface area contributed by atoms with Gasteiger partial charge < -0.3 is 10.1 Å². The van der Waals surface area contributed by atoms with E-state index in [1.54, 1.807) is 0 Å². The molecule has 1 aliphatic carbocycles. The van der Waals surface area contributed by atoms with Gasteiger partial charge >= 0.3 is 6.36 Å². The van der Waals surface area contributed by atoms with E-state index in [-0.39, 0.29) is 11.3 Å². The van der Waals surface area contributed by atoms with Crippen LogP contribution in [-0.2, 0) is 15.1 Å². The lowest BCUT2D eigenvalue weighted by atomic mass is 9.85. The summed E-state index contributed by atoms with van der Waals surface area (Å²) in [6.45, 7) is 1.18. The lowest BCUT2D eigenvalue weighted by Crippen LogP contribution is -2.62. The molecule has 0 saturated heterocycles. The van der Waals surface area contributed by atoms with Crippen molar-refractivity contribution in [2.24, 2.45) is 0 Å². The molecule has 1 aromatic heterocycles. The summed E-state index contributed by atoms with van der Waals surface area (Å²) in [6.07, 6.45) is -2.87. The van der Waals surface area contributed by atoms with Gasteiger partial charge in [-0.05, 0) is 31.2 Å². The van der Waals surface area contributed by atoms with Crippen LogP contribution in [0.3, 0.4) is 0 Å². The molecule has 0 unspecified atom stereocenters. The van der Waals surface area contributed by atoms with Gasteiger partial charge in [0, 0.05) is 42.5 Å². The molecule has 2 amide bonds. The summed E-state index contributed by atoms with van der Waals surface area (Å²) in [5.74, 6) is -6.03. The number of aromatic nitrogens is 2. The number of ether oxygens (including phenoxy) is 1. The van der Waals surface area contributed by atoms with E-state index in [2.05, 4.69) is 20.0 Å². The van der Waals surface area contributed by atoms with Gasteiger partial charge in [-0.15, -0.1) is 13.2 Å². The Balaban J connectivity index is 2.06. The van der Waals surface area contributed by atoms with Crippen molar-refractivity contribution in [2.75, 3.05) is 4.90 Å². The Kier molecular flexibility index (Phi) is 6.97. The summed E-state index contributed by atoms with van der Waals surface area (Å²) in [4.78, 5) is 34.3. The lowest BCUT2D eigenvalue weighted by Gasteiger charge is -2.43. The van der Waals surface area contributed by atoms with Crippen molar-refractivity contribution < 1.29 is 40.7 Å². The molecule has 1 aliphatic rings. The van der Waals surface area contributed by atoms with Gasteiger partial charge in [0.05, 0.1) is 0 Å². The molecule has 0 radical (unpaired) electrons. The van der Waals surface area contributed by atoms with E-state index in [0.29, 0.717) is 4.90 Å². The predicted octanol–water partition coefficient (Wildman–Crippen LogP) is 4.07. The van der Waals surface area contributed by atoms with Crippen molar-refractivity contribution in [3.63, 3.8) is 0 Å². The minimum atomic E-state index is -4.99. The third-order valence-electron chi connectivity index (χ3n) is 5.17. The minimum Gasteiger partial charge on any atom is -0.406 e. The highest BCUT2D eigenvalue weighted by molar-refractivity contribution is 6.32. The number of hydrogen-bond acceptors (Lipinski definition) is 5. The van der Waals surface area contributed by atoms with Gasteiger partial charge in [0.2, 0.25) is 0 Å². The molecule has 2 atom stereocenters. The zero-order valence-electron chi connectivity index (χ0n) is 17.3. The van der Waals surface area contributed by atoms with E-state index in [1.165, 1.54) is 6.92 Å². The molecule has 0 bridgehead atoms. The maximum absolute atomic E-state index is 14.0. The first-order valence-corrected chi connectivity index (χ1v) is 10.1. The van der Waals surface area contributed by atoms with Gasteiger partial charge in [-0.2, -0.15) is 0 Å². The summed E-state index contributed by atoms with van der Waals surface area (Å²) < 4.78 is 81.8. The van der Waals surface area contributed by atoms with Gasteiger partial charge in [-0.25, -0.2) is 23.1 Å². The number of hydrogen-bond donors (Lipinski definition) is 1. The number of anilines is 1. The first kappa shape index (κ1) is 25.5. The SMILES string of the molecule is C[C@](C(=O)NC1CC(F)(F)C1)(c1cncnc1)N(C(=O)[C@H](F)Cl)c1ccc(OC(F)(F)F)cc1. The number of alkyl halides is 7. The average Bonchev–Trinajstić information content (AvgIpc) is 2.73. The smallest absolute Gasteiger partial charge is 0.406 e. The van der Waals surface area contributed by atoms with Crippen LogP contribution in [0.15, 0.2) is 43.0 Å². The maximum Gasteiger partial charge on any atom is 0.573 e. The zero-order chi connectivity index (χ0) is 25.3. The van der Waals surface area contributed by atoms with Gasteiger partial charge in [0.1, 0.15) is 12.1 Å². The Morgan fingerprint density at radius 3 is 2.21 bits per heavy atom. The van der Waals surface area contributed by atoms with Crippen LogP contribution < -0.4 is 15.0 Å². The molecule has 14 heteroatoms. The normalized spacial score (nSPS) is 18.2. The summed E-state index contributed by atoms with van der Waals surface area (Å²) in [5.41, 5.74) is -5.06. The summed E-state index contributed by atoms with van der Waals surface area (Å²) in [5, 5.41) is 2.39. The van der Waals surface area contributed by atoms with Crippen molar-refractivity contribution >= 4 is 29.1 Å². The van der Waals surface area contributed by atoms with E-state index in [4.69, 9.17) is 11.6 Å². The van der Waals surface area contributed by atoms with Crippen molar-refractivity contribution in [1.82, 2.24) is 15.3 Å². The molecule has 1 N–H and O–H groups in total. The third-order valence-corrected chi connectivity index (χ3v) is 5.36. The van der Waals surface area contributed by atoms with Crippen molar-refractivity contribution in [3.05, 3.63) is 48.5 Å². The number of nitrogens with zero attached hydrogens (tertiary/aromatic N) is 3. The molecular weight excluding hydrogens is 494 g/mol. The second-order valence-electron chi connectivity index (χ2n) is 7.65. The second kappa shape index (κ2) is 9.28. The van der Waals surface area contributed by atoms with Crippen molar-refractivity contribution in [3.8, 4) is 5.75 Å². The molecule has 34 heavy (non-hydrogen) atoms. The third kappa shape index (κ3) is 5.51. The van der Waals surface area contributed by atoms with Crippen LogP contribution in [0, 0.1) is 0 Å². The van der Waals surface area contributed by atoms with Crippen molar-refractivity contribution in [1.29, 1.82) is 0 Å². The van der Waals surface area contributed by atoms with E-state index in [9.17, 15) is 35.9 Å². The monoisotopic (exact) mass is 510 g/mol. The number of halogens is 7. The van der Waals surface area contributed by atoms with Crippen LogP contribution in [0.4, 0.5) is 32.0 Å². The van der Waals surface area contributed by atoms with Gasteiger partial charge in [-0.3, -0.25) is 14.5 Å². The van der Waals surface area contributed by atoms with Crippen LogP contribution in [0.1, 0.15) is 25.3 Å². The standard InChI is InChI=1S/C20H17ClF6N4O3/c1-18(11-8-28-10-29-9-11,17(33)30-12-6-19(23,24)7-12)31(16(32)15(21)22)13-2-4-14(5-3-13)34-20(25,26)27/h2-5,8-10,12,15H,6-7H2,1H3,(H,30,33)/t15-,18+/m0/s1. The Labute approximate surface area is 194 Å². The number of carbonyl (C=O) groups excluding carboxylic acids is 2. The fourth-order valence-corrected chi connectivity index (χ4v) is 3.60. The van der Waals surface area contributed by atoms with Crippen molar-refractivity contribution in [2.45, 2.75) is 49.3 Å². The summed E-state index contributed by atoms with van der Waals surface area (Å²) in [6, 6.07) is 2.72. The minimum absolute atomic E-state index is 0.0418. The molecule has 1 fully saturated rings. The summed E-state index contributed by atoms with van der Waals surface area (Å²) >= 11 is 5.38.